The first-order valence-electron chi connectivity index (χ1n) is 8.62. The van der Waals surface area contributed by atoms with Gasteiger partial charge in [0.05, 0.1) is 0 Å². The number of hydrogen-bond acceptors (Lipinski definition) is 6. The zero-order chi connectivity index (χ0) is 18.0. The molecule has 4 rings (SSSR count). The van der Waals surface area contributed by atoms with Crippen LogP contribution in [0.2, 0.25) is 0 Å². The third kappa shape index (κ3) is 3.56. The Morgan fingerprint density at radius 2 is 1.92 bits per heavy atom. The van der Waals surface area contributed by atoms with Crippen molar-refractivity contribution < 1.29 is 12.9 Å². The highest BCUT2D eigenvalue weighted by atomic mass is 32.2. The molecule has 0 spiro atoms. The summed E-state index contributed by atoms with van der Waals surface area (Å²) in [5.41, 5.74) is 1.88. The van der Waals surface area contributed by atoms with E-state index in [9.17, 15) is 8.42 Å². The lowest BCUT2D eigenvalue weighted by molar-refractivity contribution is 0.448. The number of para-hydroxylation sites is 1. The van der Waals surface area contributed by atoms with Gasteiger partial charge in [-0.3, -0.25) is 0 Å². The Hall–Kier alpha value is -2.45. The Morgan fingerprint density at radius 1 is 1.12 bits per heavy atom. The van der Waals surface area contributed by atoms with Crippen LogP contribution in [0.5, 0.6) is 0 Å². The first-order chi connectivity index (χ1) is 12.6. The summed E-state index contributed by atoms with van der Waals surface area (Å²) >= 11 is 0. The van der Waals surface area contributed by atoms with Gasteiger partial charge >= 0.3 is 0 Å². The highest BCUT2D eigenvalue weighted by molar-refractivity contribution is 7.88. The van der Waals surface area contributed by atoms with Gasteiger partial charge in [0.15, 0.2) is 5.58 Å². The standard InChI is InChI=1S/C18H20N4O3S/c23-26(24,13-16-15-7-1-2-8-17(15)25-21-16)20-12-14-6-5-9-19-18(14)22-10-3-4-11-22/h1-2,5-9,20H,3-4,10-13H2. The number of hydrogen-bond donors (Lipinski definition) is 1. The van der Waals surface area contributed by atoms with Crippen molar-refractivity contribution in [1.82, 2.24) is 14.9 Å². The second kappa shape index (κ2) is 7.05. The van der Waals surface area contributed by atoms with Crippen LogP contribution in [0.15, 0.2) is 47.1 Å². The lowest BCUT2D eigenvalue weighted by Gasteiger charge is -2.19. The quantitative estimate of drug-likeness (QED) is 0.715. The molecule has 1 aliphatic heterocycles. The molecule has 0 radical (unpaired) electrons. The Balaban J connectivity index is 1.49. The number of fused-ring (bicyclic) bond motifs is 1. The number of anilines is 1. The molecule has 1 N–H and O–H groups in total. The Kier molecular flexibility index (Phi) is 4.60. The van der Waals surface area contributed by atoms with Crippen molar-refractivity contribution in [2.45, 2.75) is 25.1 Å². The zero-order valence-electron chi connectivity index (χ0n) is 14.3. The van der Waals surface area contributed by atoms with E-state index >= 15 is 0 Å². The van der Waals surface area contributed by atoms with Gasteiger partial charge < -0.3 is 9.42 Å². The molecule has 0 unspecified atom stereocenters. The molecular weight excluding hydrogens is 352 g/mol. The molecule has 3 aromatic rings. The average Bonchev–Trinajstić information content (AvgIpc) is 3.31. The number of pyridine rings is 1. The van der Waals surface area contributed by atoms with Crippen molar-refractivity contribution in [3.63, 3.8) is 0 Å². The Labute approximate surface area is 152 Å². The maximum Gasteiger partial charge on any atom is 0.217 e. The number of nitrogens with one attached hydrogen (secondary N) is 1. The summed E-state index contributed by atoms with van der Waals surface area (Å²) in [4.78, 5) is 6.64. The summed E-state index contributed by atoms with van der Waals surface area (Å²) in [6.07, 6.45) is 4.02. The lowest BCUT2D eigenvalue weighted by Crippen LogP contribution is -2.27. The topological polar surface area (TPSA) is 88.3 Å². The second-order valence-corrected chi connectivity index (χ2v) is 8.19. The van der Waals surface area contributed by atoms with Crippen molar-refractivity contribution in [1.29, 1.82) is 0 Å². The fourth-order valence-corrected chi connectivity index (χ4v) is 4.29. The summed E-state index contributed by atoms with van der Waals surface area (Å²) in [6.45, 7) is 2.13. The Morgan fingerprint density at radius 3 is 2.77 bits per heavy atom. The summed E-state index contributed by atoms with van der Waals surface area (Å²) in [6, 6.07) is 11.0. The van der Waals surface area contributed by atoms with Gasteiger partial charge in [0.25, 0.3) is 0 Å². The van der Waals surface area contributed by atoms with Crippen LogP contribution in [-0.2, 0) is 22.3 Å². The molecule has 0 amide bonds. The van der Waals surface area contributed by atoms with Crippen LogP contribution < -0.4 is 9.62 Å². The third-order valence-electron chi connectivity index (χ3n) is 4.53. The largest absolute Gasteiger partial charge is 0.356 e. The summed E-state index contributed by atoms with van der Waals surface area (Å²) in [5.74, 6) is 0.642. The van der Waals surface area contributed by atoms with Crippen LogP contribution in [0.1, 0.15) is 24.1 Å². The zero-order valence-corrected chi connectivity index (χ0v) is 15.1. The number of aromatic nitrogens is 2. The van der Waals surface area contributed by atoms with Gasteiger partial charge in [0.1, 0.15) is 17.3 Å². The normalized spacial score (nSPS) is 15.0. The monoisotopic (exact) mass is 372 g/mol. The molecule has 136 valence electrons. The lowest BCUT2D eigenvalue weighted by atomic mass is 10.2. The van der Waals surface area contributed by atoms with Crippen LogP contribution in [0.25, 0.3) is 11.0 Å². The van der Waals surface area contributed by atoms with E-state index in [0.29, 0.717) is 11.3 Å². The van der Waals surface area contributed by atoms with E-state index in [-0.39, 0.29) is 12.3 Å². The predicted octanol–water partition coefficient (Wildman–Crippen LogP) is 2.44. The summed E-state index contributed by atoms with van der Waals surface area (Å²) in [7, 11) is -3.55. The van der Waals surface area contributed by atoms with Gasteiger partial charge in [0.2, 0.25) is 10.0 Å². The summed E-state index contributed by atoms with van der Waals surface area (Å²) < 4.78 is 32.9. The van der Waals surface area contributed by atoms with Crippen molar-refractivity contribution in [2.24, 2.45) is 0 Å². The van der Waals surface area contributed by atoms with Crippen LogP contribution in [0, 0.1) is 0 Å². The molecule has 0 aliphatic carbocycles. The van der Waals surface area contributed by atoms with E-state index in [0.717, 1.165) is 42.7 Å². The minimum atomic E-state index is -3.55. The maximum absolute atomic E-state index is 12.5. The van der Waals surface area contributed by atoms with Crippen molar-refractivity contribution in [2.75, 3.05) is 18.0 Å². The second-order valence-electron chi connectivity index (χ2n) is 6.39. The minimum absolute atomic E-state index is 0.206. The fraction of sp³-hybridized carbons (Fsp3) is 0.333. The molecular formula is C18H20N4O3S. The molecule has 7 nitrogen and oxygen atoms in total. The predicted molar refractivity (Wildman–Crippen MR) is 99.2 cm³/mol. The molecule has 0 atom stereocenters. The van der Waals surface area contributed by atoms with E-state index < -0.39 is 10.0 Å². The molecule has 3 heterocycles. The van der Waals surface area contributed by atoms with Crippen molar-refractivity contribution in [3.8, 4) is 0 Å². The maximum atomic E-state index is 12.5. The molecule has 8 heteroatoms. The first-order valence-corrected chi connectivity index (χ1v) is 10.3. The molecule has 0 bridgehead atoms. The van der Waals surface area contributed by atoms with E-state index in [2.05, 4.69) is 19.8 Å². The van der Waals surface area contributed by atoms with E-state index in [1.807, 2.05) is 30.3 Å². The van der Waals surface area contributed by atoms with Gasteiger partial charge in [-0.05, 0) is 31.0 Å². The van der Waals surface area contributed by atoms with Gasteiger partial charge in [-0.25, -0.2) is 18.1 Å². The van der Waals surface area contributed by atoms with Crippen LogP contribution in [-0.4, -0.2) is 31.6 Å². The van der Waals surface area contributed by atoms with Crippen LogP contribution in [0.3, 0.4) is 0 Å². The fourth-order valence-electron chi connectivity index (χ4n) is 3.24. The molecule has 26 heavy (non-hydrogen) atoms. The number of rotatable bonds is 6. The van der Waals surface area contributed by atoms with Gasteiger partial charge in [-0.2, -0.15) is 0 Å². The van der Waals surface area contributed by atoms with Crippen LogP contribution in [0.4, 0.5) is 5.82 Å². The SMILES string of the molecule is O=S(=O)(Cc1noc2ccccc12)NCc1cccnc1N1CCCC1. The highest BCUT2D eigenvalue weighted by Gasteiger charge is 2.20. The van der Waals surface area contributed by atoms with Gasteiger partial charge in [-0.1, -0.05) is 23.4 Å². The molecule has 0 saturated carbocycles. The van der Waals surface area contributed by atoms with E-state index in [1.54, 1.807) is 12.3 Å². The third-order valence-corrected chi connectivity index (χ3v) is 5.77. The minimum Gasteiger partial charge on any atom is -0.356 e. The van der Waals surface area contributed by atoms with E-state index in [4.69, 9.17) is 4.52 Å². The molecule has 1 fully saturated rings. The first kappa shape index (κ1) is 17.0. The molecule has 2 aromatic heterocycles. The molecule has 1 aliphatic rings. The van der Waals surface area contributed by atoms with Gasteiger partial charge in [0, 0.05) is 36.8 Å². The van der Waals surface area contributed by atoms with E-state index in [1.165, 1.54) is 0 Å². The molecule has 1 saturated heterocycles. The average molecular weight is 372 g/mol. The highest BCUT2D eigenvalue weighted by Crippen LogP contribution is 2.23. The summed E-state index contributed by atoms with van der Waals surface area (Å²) in [5, 5.41) is 4.62. The number of sulfonamides is 1. The number of nitrogens with zero attached hydrogens (tertiary/aromatic N) is 3. The van der Waals surface area contributed by atoms with Gasteiger partial charge in [-0.15, -0.1) is 0 Å². The van der Waals surface area contributed by atoms with Crippen LogP contribution >= 0.6 is 0 Å². The smallest absolute Gasteiger partial charge is 0.217 e. The Bertz CT molecular complexity index is 1010. The number of benzene rings is 1. The van der Waals surface area contributed by atoms with Crippen molar-refractivity contribution in [3.05, 3.63) is 53.9 Å². The van der Waals surface area contributed by atoms with Crippen molar-refractivity contribution >= 4 is 26.8 Å². The molecule has 1 aromatic carbocycles.